The predicted octanol–water partition coefficient (Wildman–Crippen LogP) is 1.31. The van der Waals surface area contributed by atoms with Crippen LogP contribution in [0.5, 0.6) is 0 Å². The predicted molar refractivity (Wildman–Crippen MR) is 51.6 cm³/mol. The third kappa shape index (κ3) is 3.85. The van der Waals surface area contributed by atoms with Crippen molar-refractivity contribution >= 4 is 5.95 Å². The Balaban J connectivity index is 2.27. The summed E-state index contributed by atoms with van der Waals surface area (Å²) in [6.45, 7) is 5.46. The van der Waals surface area contributed by atoms with Crippen molar-refractivity contribution in [2.75, 3.05) is 18.5 Å². The summed E-state index contributed by atoms with van der Waals surface area (Å²) in [5.41, 5.74) is 0. The van der Waals surface area contributed by atoms with Crippen molar-refractivity contribution in [2.45, 2.75) is 20.0 Å². The van der Waals surface area contributed by atoms with Crippen molar-refractivity contribution in [1.29, 1.82) is 0 Å². The van der Waals surface area contributed by atoms with Crippen molar-refractivity contribution < 1.29 is 4.74 Å². The normalized spacial score (nSPS) is 12.5. The molecule has 1 rings (SSSR count). The topological polar surface area (TPSA) is 47.0 Å². The number of ether oxygens (including phenoxy) is 1. The molecule has 0 aliphatic heterocycles. The molecule has 4 heteroatoms. The van der Waals surface area contributed by atoms with E-state index in [0.717, 1.165) is 13.2 Å². The summed E-state index contributed by atoms with van der Waals surface area (Å²) in [7, 11) is 0. The molecule has 1 atom stereocenters. The molecule has 0 fully saturated rings. The number of hydrogen-bond acceptors (Lipinski definition) is 4. The first-order valence-corrected chi connectivity index (χ1v) is 4.45. The van der Waals surface area contributed by atoms with Gasteiger partial charge in [-0.3, -0.25) is 0 Å². The van der Waals surface area contributed by atoms with Crippen LogP contribution in [-0.4, -0.2) is 29.2 Å². The summed E-state index contributed by atoms with van der Waals surface area (Å²) in [4.78, 5) is 8.07. The average Bonchev–Trinajstić information content (AvgIpc) is 2.17. The van der Waals surface area contributed by atoms with Gasteiger partial charge in [-0.25, -0.2) is 9.97 Å². The van der Waals surface area contributed by atoms with Gasteiger partial charge in [0.2, 0.25) is 5.95 Å². The van der Waals surface area contributed by atoms with Crippen LogP contribution >= 0.6 is 0 Å². The molecule has 1 N–H and O–H groups in total. The number of hydrogen-bond donors (Lipinski definition) is 1. The van der Waals surface area contributed by atoms with Crippen LogP contribution in [0, 0.1) is 0 Å². The van der Waals surface area contributed by atoms with Gasteiger partial charge in [-0.15, -0.1) is 0 Å². The Kier molecular flexibility index (Phi) is 4.18. The van der Waals surface area contributed by atoms with Gasteiger partial charge in [-0.2, -0.15) is 0 Å². The molecule has 4 nitrogen and oxygen atoms in total. The lowest BCUT2D eigenvalue weighted by molar-refractivity contribution is 0.0854. The monoisotopic (exact) mass is 181 g/mol. The second-order valence-electron chi connectivity index (χ2n) is 2.72. The highest BCUT2D eigenvalue weighted by Crippen LogP contribution is 1.96. The van der Waals surface area contributed by atoms with Gasteiger partial charge < -0.3 is 10.1 Å². The van der Waals surface area contributed by atoms with Crippen LogP contribution in [0.2, 0.25) is 0 Å². The van der Waals surface area contributed by atoms with E-state index in [-0.39, 0.29) is 6.10 Å². The summed E-state index contributed by atoms with van der Waals surface area (Å²) >= 11 is 0. The first-order valence-electron chi connectivity index (χ1n) is 4.45. The Bertz CT molecular complexity index is 228. The number of anilines is 1. The first kappa shape index (κ1) is 9.92. The first-order chi connectivity index (χ1) is 6.33. The molecule has 0 bridgehead atoms. The maximum atomic E-state index is 5.35. The zero-order valence-electron chi connectivity index (χ0n) is 8.03. The van der Waals surface area contributed by atoms with Gasteiger partial charge in [-0.05, 0) is 19.9 Å². The van der Waals surface area contributed by atoms with Crippen molar-refractivity contribution in [1.82, 2.24) is 9.97 Å². The second-order valence-corrected chi connectivity index (χ2v) is 2.72. The summed E-state index contributed by atoms with van der Waals surface area (Å²) in [5, 5.41) is 3.08. The van der Waals surface area contributed by atoms with Crippen LogP contribution in [0.15, 0.2) is 18.5 Å². The Morgan fingerprint density at radius 3 is 2.77 bits per heavy atom. The van der Waals surface area contributed by atoms with Gasteiger partial charge >= 0.3 is 0 Å². The zero-order valence-corrected chi connectivity index (χ0v) is 8.03. The third-order valence-electron chi connectivity index (χ3n) is 1.56. The highest BCUT2D eigenvalue weighted by Gasteiger charge is 2.00. The largest absolute Gasteiger partial charge is 0.377 e. The third-order valence-corrected chi connectivity index (χ3v) is 1.56. The van der Waals surface area contributed by atoms with E-state index < -0.39 is 0 Å². The molecule has 0 saturated heterocycles. The molecule has 1 heterocycles. The minimum absolute atomic E-state index is 0.189. The van der Waals surface area contributed by atoms with Crippen molar-refractivity contribution in [2.24, 2.45) is 0 Å². The van der Waals surface area contributed by atoms with Crippen LogP contribution in [-0.2, 0) is 4.74 Å². The van der Waals surface area contributed by atoms with E-state index in [9.17, 15) is 0 Å². The van der Waals surface area contributed by atoms with Gasteiger partial charge in [0, 0.05) is 25.5 Å². The molecule has 0 radical (unpaired) electrons. The van der Waals surface area contributed by atoms with Crippen LogP contribution in [0.4, 0.5) is 5.95 Å². The van der Waals surface area contributed by atoms with Crippen molar-refractivity contribution in [3.8, 4) is 0 Å². The van der Waals surface area contributed by atoms with Crippen LogP contribution in [0.25, 0.3) is 0 Å². The van der Waals surface area contributed by atoms with E-state index in [2.05, 4.69) is 15.3 Å². The summed E-state index contributed by atoms with van der Waals surface area (Å²) in [6.07, 6.45) is 3.61. The fraction of sp³-hybridized carbons (Fsp3) is 0.556. The number of nitrogens with zero attached hydrogens (tertiary/aromatic N) is 2. The van der Waals surface area contributed by atoms with Gasteiger partial charge in [0.05, 0.1) is 6.10 Å². The maximum Gasteiger partial charge on any atom is 0.222 e. The quantitative estimate of drug-likeness (QED) is 0.744. The summed E-state index contributed by atoms with van der Waals surface area (Å²) in [6, 6.07) is 1.79. The van der Waals surface area contributed by atoms with E-state index in [1.165, 1.54) is 0 Å². The second kappa shape index (κ2) is 5.48. The standard InChI is InChI=1S/C9H15N3O/c1-3-13-8(2)7-12-9-10-5-4-6-11-9/h4-6,8H,3,7H2,1-2H3,(H,10,11,12). The fourth-order valence-electron chi connectivity index (χ4n) is 0.969. The van der Waals surface area contributed by atoms with Crippen LogP contribution < -0.4 is 5.32 Å². The summed E-state index contributed by atoms with van der Waals surface area (Å²) in [5.74, 6) is 0.647. The lowest BCUT2D eigenvalue weighted by atomic mass is 10.4. The molecule has 1 aromatic heterocycles. The molecule has 0 aliphatic rings. The number of rotatable bonds is 5. The Morgan fingerprint density at radius 1 is 1.46 bits per heavy atom. The lowest BCUT2D eigenvalue weighted by Gasteiger charge is -2.11. The number of aromatic nitrogens is 2. The molecule has 0 saturated carbocycles. The van der Waals surface area contributed by atoms with Gasteiger partial charge in [-0.1, -0.05) is 0 Å². The minimum Gasteiger partial charge on any atom is -0.377 e. The van der Waals surface area contributed by atoms with E-state index >= 15 is 0 Å². The molecule has 13 heavy (non-hydrogen) atoms. The smallest absolute Gasteiger partial charge is 0.222 e. The highest BCUT2D eigenvalue weighted by atomic mass is 16.5. The molecule has 0 amide bonds. The van der Waals surface area contributed by atoms with E-state index in [1.54, 1.807) is 18.5 Å². The fourth-order valence-corrected chi connectivity index (χ4v) is 0.969. The van der Waals surface area contributed by atoms with Gasteiger partial charge in [0.1, 0.15) is 0 Å². The SMILES string of the molecule is CCOC(C)CNc1ncccn1. The zero-order chi connectivity index (χ0) is 9.52. The molecular weight excluding hydrogens is 166 g/mol. The Morgan fingerprint density at radius 2 is 2.15 bits per heavy atom. The highest BCUT2D eigenvalue weighted by molar-refractivity contribution is 5.21. The minimum atomic E-state index is 0.189. The van der Waals surface area contributed by atoms with Crippen LogP contribution in [0.1, 0.15) is 13.8 Å². The van der Waals surface area contributed by atoms with Gasteiger partial charge in [0.15, 0.2) is 0 Å². The molecule has 0 spiro atoms. The lowest BCUT2D eigenvalue weighted by Crippen LogP contribution is -2.20. The van der Waals surface area contributed by atoms with Crippen molar-refractivity contribution in [3.05, 3.63) is 18.5 Å². The Hall–Kier alpha value is -1.16. The molecule has 1 unspecified atom stereocenters. The maximum absolute atomic E-state index is 5.35. The van der Waals surface area contributed by atoms with E-state index in [0.29, 0.717) is 5.95 Å². The molecule has 0 aliphatic carbocycles. The van der Waals surface area contributed by atoms with Crippen molar-refractivity contribution in [3.63, 3.8) is 0 Å². The summed E-state index contributed by atoms with van der Waals surface area (Å²) < 4.78 is 5.35. The molecular formula is C9H15N3O. The average molecular weight is 181 g/mol. The molecule has 72 valence electrons. The van der Waals surface area contributed by atoms with Gasteiger partial charge in [0.25, 0.3) is 0 Å². The van der Waals surface area contributed by atoms with Crippen LogP contribution in [0.3, 0.4) is 0 Å². The Labute approximate surface area is 78.4 Å². The molecule has 1 aromatic rings. The van der Waals surface area contributed by atoms with E-state index in [4.69, 9.17) is 4.74 Å². The van der Waals surface area contributed by atoms with E-state index in [1.807, 2.05) is 13.8 Å². The number of nitrogens with one attached hydrogen (secondary N) is 1. The molecule has 0 aromatic carbocycles.